The van der Waals surface area contributed by atoms with Crippen LogP contribution in [-0.2, 0) is 14.3 Å². The van der Waals surface area contributed by atoms with E-state index in [2.05, 4.69) is 24.3 Å². The lowest BCUT2D eigenvalue weighted by Crippen LogP contribution is -2.26. The fourth-order valence-electron chi connectivity index (χ4n) is 6.41. The van der Waals surface area contributed by atoms with Crippen LogP contribution in [-0.4, -0.2) is 24.1 Å². The molecule has 1 aromatic carbocycles. The second kappa shape index (κ2) is 10.2. The van der Waals surface area contributed by atoms with Crippen LogP contribution in [0.2, 0.25) is 5.02 Å². The van der Waals surface area contributed by atoms with Crippen molar-refractivity contribution < 1.29 is 18.8 Å². The molecule has 1 aromatic heterocycles. The number of esters is 1. The Morgan fingerprint density at radius 2 is 1.92 bits per heavy atom. The second-order valence-corrected chi connectivity index (χ2v) is 12.1. The van der Waals surface area contributed by atoms with E-state index in [0.717, 1.165) is 48.6 Å². The fraction of sp³-hybridized carbons (Fsp3) is 0.621. The number of aryl methyl sites for hydroxylation is 1. The first-order chi connectivity index (χ1) is 17.2. The van der Waals surface area contributed by atoms with Crippen LogP contribution >= 0.6 is 11.6 Å². The summed E-state index contributed by atoms with van der Waals surface area (Å²) in [5.74, 6) is 2.04. The summed E-state index contributed by atoms with van der Waals surface area (Å²) in [7, 11) is 1.41. The number of ether oxygens (including phenoxy) is 1. The van der Waals surface area contributed by atoms with E-state index in [4.69, 9.17) is 20.9 Å². The molecule has 0 bridgehead atoms. The number of nitrogens with zero attached hydrogens (tertiary/aromatic N) is 1. The zero-order valence-electron chi connectivity index (χ0n) is 21.7. The molecule has 3 fully saturated rings. The number of rotatable bonds is 8. The molecule has 0 saturated heterocycles. The van der Waals surface area contributed by atoms with Crippen LogP contribution in [0.4, 0.5) is 5.69 Å². The smallest absolute Gasteiger partial charge is 0.308 e. The van der Waals surface area contributed by atoms with Crippen LogP contribution in [0.5, 0.6) is 0 Å². The van der Waals surface area contributed by atoms with E-state index in [-0.39, 0.29) is 23.7 Å². The Morgan fingerprint density at radius 3 is 2.56 bits per heavy atom. The van der Waals surface area contributed by atoms with Gasteiger partial charge >= 0.3 is 5.97 Å². The molecule has 0 radical (unpaired) electrons. The minimum atomic E-state index is -0.406. The monoisotopic (exact) mass is 512 g/mol. The zero-order chi connectivity index (χ0) is 25.6. The Labute approximate surface area is 218 Å². The molecular weight excluding hydrogens is 476 g/mol. The number of benzene rings is 1. The highest BCUT2D eigenvalue weighted by Crippen LogP contribution is 2.55. The lowest BCUT2D eigenvalue weighted by molar-refractivity contribution is -0.145. The Kier molecular flexibility index (Phi) is 7.17. The summed E-state index contributed by atoms with van der Waals surface area (Å²) in [4.78, 5) is 26.1. The number of halogens is 1. The first-order valence-corrected chi connectivity index (χ1v) is 13.8. The third-order valence-corrected chi connectivity index (χ3v) is 8.66. The molecule has 194 valence electrons. The molecule has 1 unspecified atom stereocenters. The van der Waals surface area contributed by atoms with Crippen molar-refractivity contribution in [2.45, 2.75) is 83.5 Å². The van der Waals surface area contributed by atoms with Gasteiger partial charge in [0.15, 0.2) is 0 Å². The third kappa shape index (κ3) is 5.06. The van der Waals surface area contributed by atoms with Gasteiger partial charge in [-0.25, -0.2) is 0 Å². The molecule has 1 N–H and O–H groups in total. The van der Waals surface area contributed by atoms with E-state index >= 15 is 0 Å². The van der Waals surface area contributed by atoms with Crippen molar-refractivity contribution in [3.8, 4) is 0 Å². The maximum atomic E-state index is 13.6. The lowest BCUT2D eigenvalue weighted by atomic mass is 9.69. The van der Waals surface area contributed by atoms with Gasteiger partial charge in [-0.3, -0.25) is 9.59 Å². The summed E-state index contributed by atoms with van der Waals surface area (Å²) in [5, 5.41) is 8.12. The van der Waals surface area contributed by atoms with Crippen molar-refractivity contribution >= 4 is 29.2 Å². The summed E-state index contributed by atoms with van der Waals surface area (Å²) >= 11 is 6.40. The number of carbonyl (C=O) groups is 2. The van der Waals surface area contributed by atoms with E-state index in [1.165, 1.54) is 19.1 Å². The molecule has 1 heterocycles. The SMILES string of the molecule is COC(=O)C1C[C@H](C(=O)Nc2ccc(C)cc2Cl)[C@@H](c2noc(C3CC(CC(C)C)C3)c2C2CC2)C1. The molecule has 3 aliphatic carbocycles. The van der Waals surface area contributed by atoms with Gasteiger partial charge < -0.3 is 14.6 Å². The van der Waals surface area contributed by atoms with Gasteiger partial charge in [0.2, 0.25) is 5.91 Å². The van der Waals surface area contributed by atoms with Crippen LogP contribution in [0, 0.1) is 30.6 Å². The standard InChI is InChI=1S/C29H37ClN2O4/c1-15(2)9-17-11-19(12-17)27-25(18-6-7-18)26(32-36-27)21-13-20(29(34)35-4)14-22(21)28(33)31-24-8-5-16(3)10-23(24)30/h5,8,10,15,17-22H,6-7,9,11-14H2,1-4H3,(H,31,33)/t17?,19?,20?,21-,22-/m0/s1. The first kappa shape index (κ1) is 25.3. The predicted molar refractivity (Wildman–Crippen MR) is 139 cm³/mol. The molecule has 6 nitrogen and oxygen atoms in total. The van der Waals surface area contributed by atoms with Crippen molar-refractivity contribution in [1.29, 1.82) is 0 Å². The van der Waals surface area contributed by atoms with Gasteiger partial charge in [-0.2, -0.15) is 0 Å². The summed E-state index contributed by atoms with van der Waals surface area (Å²) in [5.41, 5.74) is 3.73. The van der Waals surface area contributed by atoms with E-state index in [9.17, 15) is 9.59 Å². The van der Waals surface area contributed by atoms with Crippen molar-refractivity contribution in [1.82, 2.24) is 5.16 Å². The quantitative estimate of drug-likeness (QED) is 0.386. The van der Waals surface area contributed by atoms with Gasteiger partial charge in [-0.05, 0) is 87.3 Å². The number of nitrogens with one attached hydrogen (secondary N) is 1. The Morgan fingerprint density at radius 1 is 1.17 bits per heavy atom. The van der Waals surface area contributed by atoms with Gasteiger partial charge in [-0.1, -0.05) is 36.7 Å². The molecule has 0 spiro atoms. The third-order valence-electron chi connectivity index (χ3n) is 8.35. The topological polar surface area (TPSA) is 81.4 Å². The van der Waals surface area contributed by atoms with Crippen molar-refractivity contribution in [3.63, 3.8) is 0 Å². The average Bonchev–Trinajstić information content (AvgIpc) is 3.40. The number of methoxy groups -OCH3 is 1. The summed E-state index contributed by atoms with van der Waals surface area (Å²) in [6.07, 6.45) is 6.79. The van der Waals surface area contributed by atoms with Crippen molar-refractivity contribution in [2.75, 3.05) is 12.4 Å². The van der Waals surface area contributed by atoms with Gasteiger partial charge in [-0.15, -0.1) is 0 Å². The van der Waals surface area contributed by atoms with Gasteiger partial charge in [0, 0.05) is 23.3 Å². The molecule has 2 aromatic rings. The summed E-state index contributed by atoms with van der Waals surface area (Å²) < 4.78 is 11.1. The molecule has 3 atom stereocenters. The van der Waals surface area contributed by atoms with Crippen molar-refractivity contribution in [3.05, 3.63) is 45.8 Å². The Bertz CT molecular complexity index is 1130. The van der Waals surface area contributed by atoms with E-state index in [1.807, 2.05) is 25.1 Å². The van der Waals surface area contributed by atoms with Gasteiger partial charge in [0.05, 0.1) is 29.4 Å². The zero-order valence-corrected chi connectivity index (χ0v) is 22.4. The van der Waals surface area contributed by atoms with Gasteiger partial charge in [0.1, 0.15) is 5.76 Å². The number of aromatic nitrogens is 1. The summed E-state index contributed by atoms with van der Waals surface area (Å²) in [6.45, 7) is 6.52. The number of carbonyl (C=O) groups excluding carboxylic acids is 2. The highest BCUT2D eigenvalue weighted by molar-refractivity contribution is 6.33. The van der Waals surface area contributed by atoms with Crippen LogP contribution in [0.3, 0.4) is 0 Å². The number of anilines is 1. The van der Waals surface area contributed by atoms with Crippen LogP contribution in [0.1, 0.15) is 99.1 Å². The van der Waals surface area contributed by atoms with E-state index in [0.29, 0.717) is 41.3 Å². The first-order valence-electron chi connectivity index (χ1n) is 13.4. The maximum absolute atomic E-state index is 13.6. The predicted octanol–water partition coefficient (Wildman–Crippen LogP) is 6.98. The van der Waals surface area contributed by atoms with Gasteiger partial charge in [0.25, 0.3) is 0 Å². The van der Waals surface area contributed by atoms with Crippen LogP contribution in [0.15, 0.2) is 22.7 Å². The Hall–Kier alpha value is -2.34. The van der Waals surface area contributed by atoms with E-state index < -0.39 is 5.92 Å². The molecule has 7 heteroatoms. The molecule has 0 aliphatic heterocycles. The number of hydrogen-bond acceptors (Lipinski definition) is 5. The molecule has 1 amide bonds. The van der Waals surface area contributed by atoms with E-state index in [1.54, 1.807) is 0 Å². The largest absolute Gasteiger partial charge is 0.469 e. The van der Waals surface area contributed by atoms with Crippen LogP contribution < -0.4 is 5.32 Å². The van der Waals surface area contributed by atoms with Crippen molar-refractivity contribution in [2.24, 2.45) is 23.7 Å². The maximum Gasteiger partial charge on any atom is 0.308 e. The molecule has 36 heavy (non-hydrogen) atoms. The fourth-order valence-corrected chi connectivity index (χ4v) is 6.69. The lowest BCUT2D eigenvalue weighted by Gasteiger charge is -2.35. The average molecular weight is 513 g/mol. The number of amides is 1. The highest BCUT2D eigenvalue weighted by atomic mass is 35.5. The number of hydrogen-bond donors (Lipinski definition) is 1. The normalized spacial score (nSPS) is 27.7. The minimum absolute atomic E-state index is 0.135. The molecule has 3 aliphatic rings. The van der Waals surface area contributed by atoms with Crippen LogP contribution in [0.25, 0.3) is 0 Å². The minimum Gasteiger partial charge on any atom is -0.469 e. The second-order valence-electron chi connectivity index (χ2n) is 11.7. The highest BCUT2D eigenvalue weighted by Gasteiger charge is 2.48. The molecular formula is C29H37ClN2O4. The molecule has 5 rings (SSSR count). The molecule has 3 saturated carbocycles. The summed E-state index contributed by atoms with van der Waals surface area (Å²) in [6, 6.07) is 5.58. The Balaban J connectivity index is 1.41.